The Bertz CT molecular complexity index is 469. The predicted octanol–water partition coefficient (Wildman–Crippen LogP) is 1.79. The van der Waals surface area contributed by atoms with E-state index < -0.39 is 5.91 Å². The minimum atomic E-state index is -0.454. The number of primary amides is 1. The van der Waals surface area contributed by atoms with Crippen LogP contribution >= 0.6 is 11.3 Å². The van der Waals surface area contributed by atoms with Crippen molar-refractivity contribution in [1.29, 1.82) is 0 Å². The van der Waals surface area contributed by atoms with E-state index >= 15 is 0 Å². The number of amides is 1. The van der Waals surface area contributed by atoms with Gasteiger partial charge in [-0.1, -0.05) is 12.1 Å². The standard InChI is InChI=1S/C10H8N2OS/c11-9(13)5-6-10-12-7-3-1-2-4-8(7)14-10/h1-6H,(H2,11,13). The summed E-state index contributed by atoms with van der Waals surface area (Å²) in [5, 5.41) is 0.796. The maximum Gasteiger partial charge on any atom is 0.241 e. The first kappa shape index (κ1) is 8.90. The summed E-state index contributed by atoms with van der Waals surface area (Å²) >= 11 is 1.53. The SMILES string of the molecule is NC(=O)C=Cc1nc2ccccc2s1. The van der Waals surface area contributed by atoms with Gasteiger partial charge in [0.25, 0.3) is 0 Å². The van der Waals surface area contributed by atoms with Gasteiger partial charge in [-0.3, -0.25) is 4.79 Å². The number of aromatic nitrogens is 1. The zero-order chi connectivity index (χ0) is 9.97. The number of carbonyl (C=O) groups excluding carboxylic acids is 1. The minimum Gasteiger partial charge on any atom is -0.366 e. The van der Waals surface area contributed by atoms with Gasteiger partial charge in [0.1, 0.15) is 5.01 Å². The summed E-state index contributed by atoms with van der Waals surface area (Å²) in [4.78, 5) is 14.8. The molecule has 14 heavy (non-hydrogen) atoms. The van der Waals surface area contributed by atoms with Crippen LogP contribution in [0.25, 0.3) is 16.3 Å². The van der Waals surface area contributed by atoms with Crippen molar-refractivity contribution in [2.45, 2.75) is 0 Å². The van der Waals surface area contributed by atoms with Crippen molar-refractivity contribution < 1.29 is 4.79 Å². The van der Waals surface area contributed by atoms with Crippen LogP contribution in [0.5, 0.6) is 0 Å². The summed E-state index contributed by atoms with van der Waals surface area (Å²) in [6, 6.07) is 7.83. The fourth-order valence-electron chi connectivity index (χ4n) is 1.11. The van der Waals surface area contributed by atoms with E-state index in [9.17, 15) is 4.79 Å². The highest BCUT2D eigenvalue weighted by Gasteiger charge is 1.99. The Morgan fingerprint density at radius 2 is 2.21 bits per heavy atom. The third-order valence-corrected chi connectivity index (χ3v) is 2.70. The number of hydrogen-bond donors (Lipinski definition) is 1. The van der Waals surface area contributed by atoms with Crippen LogP contribution in [0.1, 0.15) is 5.01 Å². The molecule has 0 unspecified atom stereocenters. The molecule has 4 heteroatoms. The van der Waals surface area contributed by atoms with Crippen molar-refractivity contribution in [3.05, 3.63) is 35.3 Å². The number of fused-ring (bicyclic) bond motifs is 1. The number of nitrogens with two attached hydrogens (primary N) is 1. The van der Waals surface area contributed by atoms with Crippen molar-refractivity contribution >= 4 is 33.5 Å². The summed E-state index contributed by atoms with van der Waals surface area (Å²) < 4.78 is 1.11. The van der Waals surface area contributed by atoms with E-state index in [0.29, 0.717) is 0 Å². The number of para-hydroxylation sites is 1. The molecule has 1 aromatic carbocycles. The van der Waals surface area contributed by atoms with E-state index in [-0.39, 0.29) is 0 Å². The Hall–Kier alpha value is -1.68. The molecule has 2 aromatic rings. The fourth-order valence-corrected chi connectivity index (χ4v) is 1.98. The maximum atomic E-state index is 10.5. The number of nitrogens with zero attached hydrogens (tertiary/aromatic N) is 1. The van der Waals surface area contributed by atoms with Crippen molar-refractivity contribution in [1.82, 2.24) is 4.98 Å². The van der Waals surface area contributed by atoms with Gasteiger partial charge in [-0.25, -0.2) is 4.98 Å². The molecule has 1 amide bonds. The van der Waals surface area contributed by atoms with Gasteiger partial charge < -0.3 is 5.73 Å². The second-order valence-electron chi connectivity index (χ2n) is 2.76. The molecule has 0 atom stereocenters. The largest absolute Gasteiger partial charge is 0.366 e. The Kier molecular flexibility index (Phi) is 2.28. The Labute approximate surface area is 84.9 Å². The van der Waals surface area contributed by atoms with E-state index in [0.717, 1.165) is 15.2 Å². The first-order valence-corrected chi connectivity index (χ1v) is 4.90. The van der Waals surface area contributed by atoms with Crippen molar-refractivity contribution in [2.24, 2.45) is 5.73 Å². The van der Waals surface area contributed by atoms with Gasteiger partial charge in [-0.05, 0) is 18.2 Å². The van der Waals surface area contributed by atoms with Gasteiger partial charge in [0.2, 0.25) is 5.91 Å². The molecule has 0 radical (unpaired) electrons. The smallest absolute Gasteiger partial charge is 0.241 e. The lowest BCUT2D eigenvalue weighted by molar-refractivity contribution is -0.113. The van der Waals surface area contributed by atoms with Gasteiger partial charge in [-0.2, -0.15) is 0 Å². The van der Waals surface area contributed by atoms with Crippen LogP contribution in [0.2, 0.25) is 0 Å². The van der Waals surface area contributed by atoms with Crippen LogP contribution in [-0.2, 0) is 4.79 Å². The molecule has 0 aliphatic heterocycles. The Balaban J connectivity index is 2.40. The molecule has 0 spiro atoms. The van der Waals surface area contributed by atoms with E-state index in [1.807, 2.05) is 24.3 Å². The molecule has 0 fully saturated rings. The first-order chi connectivity index (χ1) is 6.75. The van der Waals surface area contributed by atoms with Gasteiger partial charge in [0.05, 0.1) is 10.2 Å². The molecule has 2 N–H and O–H groups in total. The Morgan fingerprint density at radius 3 is 2.93 bits per heavy atom. The lowest BCUT2D eigenvalue weighted by Gasteiger charge is -1.80. The topological polar surface area (TPSA) is 56.0 Å². The van der Waals surface area contributed by atoms with Crippen LogP contribution in [0.15, 0.2) is 30.3 Å². The summed E-state index contributed by atoms with van der Waals surface area (Å²) in [6.45, 7) is 0. The van der Waals surface area contributed by atoms with Gasteiger partial charge in [0.15, 0.2) is 0 Å². The van der Waals surface area contributed by atoms with Crippen LogP contribution in [0.3, 0.4) is 0 Å². The molecule has 0 aliphatic rings. The van der Waals surface area contributed by atoms with Crippen molar-refractivity contribution in [3.8, 4) is 0 Å². The molecular weight excluding hydrogens is 196 g/mol. The molecular formula is C10H8N2OS. The van der Waals surface area contributed by atoms with Crippen LogP contribution in [0.4, 0.5) is 0 Å². The number of carbonyl (C=O) groups is 1. The maximum absolute atomic E-state index is 10.5. The molecule has 1 heterocycles. The van der Waals surface area contributed by atoms with E-state index in [1.165, 1.54) is 17.4 Å². The molecule has 3 nitrogen and oxygen atoms in total. The highest BCUT2D eigenvalue weighted by Crippen LogP contribution is 2.22. The van der Waals surface area contributed by atoms with Crippen molar-refractivity contribution in [2.75, 3.05) is 0 Å². The number of thiazole rings is 1. The average molecular weight is 204 g/mol. The monoisotopic (exact) mass is 204 g/mol. The molecule has 70 valence electrons. The highest BCUT2D eigenvalue weighted by atomic mass is 32.1. The third kappa shape index (κ3) is 1.80. The fraction of sp³-hybridized carbons (Fsp3) is 0. The van der Waals surface area contributed by atoms with Crippen LogP contribution < -0.4 is 5.73 Å². The normalized spacial score (nSPS) is 11.1. The van der Waals surface area contributed by atoms with Crippen molar-refractivity contribution in [3.63, 3.8) is 0 Å². The summed E-state index contributed by atoms with van der Waals surface area (Å²) in [7, 11) is 0. The lowest BCUT2D eigenvalue weighted by Crippen LogP contribution is -2.04. The summed E-state index contributed by atoms with van der Waals surface area (Å²) in [6.07, 6.45) is 2.95. The molecule has 0 saturated carbocycles. The summed E-state index contributed by atoms with van der Waals surface area (Å²) in [5.74, 6) is -0.454. The number of rotatable bonds is 2. The zero-order valence-corrected chi connectivity index (χ0v) is 8.12. The highest BCUT2D eigenvalue weighted by molar-refractivity contribution is 7.19. The lowest BCUT2D eigenvalue weighted by atomic mass is 10.3. The van der Waals surface area contributed by atoms with Gasteiger partial charge in [0, 0.05) is 6.08 Å². The quantitative estimate of drug-likeness (QED) is 0.758. The first-order valence-electron chi connectivity index (χ1n) is 4.09. The molecule has 0 saturated heterocycles. The van der Waals surface area contributed by atoms with Gasteiger partial charge in [-0.15, -0.1) is 11.3 Å². The molecule has 0 aliphatic carbocycles. The zero-order valence-electron chi connectivity index (χ0n) is 7.31. The second-order valence-corrected chi connectivity index (χ2v) is 3.82. The third-order valence-electron chi connectivity index (χ3n) is 1.70. The number of hydrogen-bond acceptors (Lipinski definition) is 3. The Morgan fingerprint density at radius 1 is 1.43 bits per heavy atom. The predicted molar refractivity (Wildman–Crippen MR) is 57.8 cm³/mol. The van der Waals surface area contributed by atoms with Crippen LogP contribution in [0, 0.1) is 0 Å². The van der Waals surface area contributed by atoms with E-state index in [4.69, 9.17) is 5.73 Å². The van der Waals surface area contributed by atoms with Crippen LogP contribution in [-0.4, -0.2) is 10.9 Å². The summed E-state index contributed by atoms with van der Waals surface area (Å²) in [5.41, 5.74) is 5.93. The molecule has 2 rings (SSSR count). The average Bonchev–Trinajstić information content (AvgIpc) is 2.57. The van der Waals surface area contributed by atoms with E-state index in [1.54, 1.807) is 6.08 Å². The number of benzene rings is 1. The molecule has 1 aromatic heterocycles. The van der Waals surface area contributed by atoms with E-state index in [2.05, 4.69) is 4.98 Å². The second kappa shape index (κ2) is 3.59. The minimum absolute atomic E-state index is 0.454. The molecule has 0 bridgehead atoms. The van der Waals surface area contributed by atoms with Gasteiger partial charge >= 0.3 is 0 Å².